The normalized spacial score (nSPS) is 9.24. The summed E-state index contributed by atoms with van der Waals surface area (Å²) < 4.78 is 2.03. The summed E-state index contributed by atoms with van der Waals surface area (Å²) in [6.45, 7) is 3.11. The van der Waals surface area contributed by atoms with E-state index in [9.17, 15) is 14.4 Å². The highest BCUT2D eigenvalue weighted by atomic mass is 79.9. The molecule has 1 aromatic rings. The number of carboxylic acids is 1. The molecule has 3 N–H and O–H groups in total. The van der Waals surface area contributed by atoms with Gasteiger partial charge >= 0.3 is 12.0 Å². The topological polar surface area (TPSA) is 95.5 Å². The van der Waals surface area contributed by atoms with Gasteiger partial charge in [-0.05, 0) is 50.4 Å². The fraction of sp³-hybridized carbons (Fsp3) is 0.250. The molecule has 0 atom stereocenters. The lowest BCUT2D eigenvalue weighted by atomic mass is 10.1. The molecule has 0 aliphatic heterocycles. The number of benzene rings is 1. The standard InChI is InChI=1S/C8H5Br3O2.C4H8N2O2/c1-3-4(9)2-5(10)6(7(3)11)8(12)13;1-3(7)6-4(8)5-2/h2H,1H3,(H,12,13);1-2H3,(H2,5,6,7,8). The van der Waals surface area contributed by atoms with Gasteiger partial charge in [-0.2, -0.15) is 0 Å². The molecular formula is C12H13Br3N2O4. The van der Waals surface area contributed by atoms with Crippen molar-refractivity contribution in [1.29, 1.82) is 0 Å². The zero-order valence-corrected chi connectivity index (χ0v) is 16.1. The van der Waals surface area contributed by atoms with Crippen molar-refractivity contribution in [2.75, 3.05) is 7.05 Å². The van der Waals surface area contributed by atoms with Gasteiger partial charge < -0.3 is 10.4 Å². The molecule has 0 aliphatic rings. The number of carbonyl (C=O) groups excluding carboxylic acids is 2. The molecule has 0 heterocycles. The second-order valence-corrected chi connectivity index (χ2v) is 6.22. The molecule has 116 valence electrons. The maximum Gasteiger partial charge on any atom is 0.338 e. The Labute approximate surface area is 147 Å². The summed E-state index contributed by atoms with van der Waals surface area (Å²) in [6.07, 6.45) is 0. The number of nitrogens with one attached hydrogen (secondary N) is 2. The van der Waals surface area contributed by atoms with Gasteiger partial charge in [-0.25, -0.2) is 9.59 Å². The number of carbonyl (C=O) groups is 3. The lowest BCUT2D eigenvalue weighted by Crippen LogP contribution is -2.35. The molecule has 1 aromatic carbocycles. The lowest BCUT2D eigenvalue weighted by molar-refractivity contribution is -0.117. The Bertz CT molecular complexity index is 576. The first-order valence-electron chi connectivity index (χ1n) is 5.48. The second kappa shape index (κ2) is 9.16. The molecule has 0 unspecified atom stereocenters. The number of amides is 3. The molecule has 21 heavy (non-hydrogen) atoms. The molecule has 0 fully saturated rings. The van der Waals surface area contributed by atoms with E-state index < -0.39 is 12.0 Å². The zero-order chi connectivity index (χ0) is 16.7. The number of urea groups is 1. The van der Waals surface area contributed by atoms with Gasteiger partial charge in [0.2, 0.25) is 5.91 Å². The van der Waals surface area contributed by atoms with Crippen LogP contribution in [0.15, 0.2) is 19.5 Å². The number of carboxylic acid groups (broad SMARTS) is 1. The van der Waals surface area contributed by atoms with E-state index in [-0.39, 0.29) is 11.5 Å². The van der Waals surface area contributed by atoms with Crippen molar-refractivity contribution >= 4 is 65.7 Å². The van der Waals surface area contributed by atoms with Crippen LogP contribution in [-0.4, -0.2) is 30.1 Å². The molecule has 3 amide bonds. The van der Waals surface area contributed by atoms with Crippen LogP contribution in [0.4, 0.5) is 4.79 Å². The van der Waals surface area contributed by atoms with E-state index >= 15 is 0 Å². The van der Waals surface area contributed by atoms with Crippen molar-refractivity contribution in [1.82, 2.24) is 10.6 Å². The van der Waals surface area contributed by atoms with Crippen LogP contribution in [0.3, 0.4) is 0 Å². The van der Waals surface area contributed by atoms with Gasteiger partial charge in [0, 0.05) is 27.4 Å². The van der Waals surface area contributed by atoms with Crippen LogP contribution in [0.1, 0.15) is 22.8 Å². The molecular weight excluding hydrogens is 476 g/mol. The minimum absolute atomic E-state index is 0.251. The molecule has 0 aromatic heterocycles. The van der Waals surface area contributed by atoms with Gasteiger partial charge in [0.05, 0.1) is 5.56 Å². The Kier molecular flexibility index (Phi) is 8.76. The Morgan fingerprint density at radius 2 is 1.67 bits per heavy atom. The summed E-state index contributed by atoms with van der Waals surface area (Å²) in [7, 11) is 1.44. The highest BCUT2D eigenvalue weighted by molar-refractivity contribution is 9.11. The Balaban J connectivity index is 0.000000433. The van der Waals surface area contributed by atoms with E-state index in [1.165, 1.54) is 14.0 Å². The van der Waals surface area contributed by atoms with E-state index in [0.717, 1.165) is 10.0 Å². The van der Waals surface area contributed by atoms with Gasteiger partial charge in [-0.1, -0.05) is 15.9 Å². The smallest absolute Gasteiger partial charge is 0.338 e. The third kappa shape index (κ3) is 6.58. The van der Waals surface area contributed by atoms with Crippen LogP contribution in [0.5, 0.6) is 0 Å². The Morgan fingerprint density at radius 3 is 2.00 bits per heavy atom. The summed E-state index contributed by atoms with van der Waals surface area (Å²) in [5.74, 6) is -1.31. The Morgan fingerprint density at radius 1 is 1.14 bits per heavy atom. The van der Waals surface area contributed by atoms with E-state index in [0.29, 0.717) is 8.95 Å². The van der Waals surface area contributed by atoms with Crippen molar-refractivity contribution in [3.8, 4) is 0 Å². The number of rotatable bonds is 1. The largest absolute Gasteiger partial charge is 0.478 e. The van der Waals surface area contributed by atoms with Crippen LogP contribution >= 0.6 is 47.8 Å². The number of halogens is 3. The monoisotopic (exact) mass is 486 g/mol. The van der Waals surface area contributed by atoms with Crippen LogP contribution in [0.25, 0.3) is 0 Å². The van der Waals surface area contributed by atoms with Crippen LogP contribution in [-0.2, 0) is 4.79 Å². The van der Waals surface area contributed by atoms with Gasteiger partial charge in [-0.3, -0.25) is 10.1 Å². The first kappa shape index (κ1) is 20.1. The second-order valence-electron chi connectivity index (χ2n) is 3.72. The van der Waals surface area contributed by atoms with Gasteiger partial charge in [0.1, 0.15) is 0 Å². The molecule has 9 heteroatoms. The lowest BCUT2D eigenvalue weighted by Gasteiger charge is -2.07. The van der Waals surface area contributed by atoms with Crippen LogP contribution < -0.4 is 10.6 Å². The fourth-order valence-corrected chi connectivity index (χ4v) is 3.57. The van der Waals surface area contributed by atoms with Crippen molar-refractivity contribution < 1.29 is 19.5 Å². The minimum Gasteiger partial charge on any atom is -0.478 e. The molecule has 0 bridgehead atoms. The molecule has 0 saturated carbocycles. The molecule has 0 aliphatic carbocycles. The Hall–Kier alpha value is -0.930. The average Bonchev–Trinajstić information content (AvgIpc) is 2.35. The van der Waals surface area contributed by atoms with E-state index in [1.54, 1.807) is 6.07 Å². The summed E-state index contributed by atoms with van der Waals surface area (Å²) in [4.78, 5) is 31.1. The molecule has 1 rings (SSSR count). The molecule has 0 saturated heterocycles. The predicted octanol–water partition coefficient (Wildman–Crippen LogP) is 3.44. The van der Waals surface area contributed by atoms with Gasteiger partial charge in [-0.15, -0.1) is 0 Å². The van der Waals surface area contributed by atoms with Crippen LogP contribution in [0.2, 0.25) is 0 Å². The molecule has 6 nitrogen and oxygen atoms in total. The summed E-state index contributed by atoms with van der Waals surface area (Å²) in [5.41, 5.74) is 1.13. The highest BCUT2D eigenvalue weighted by Crippen LogP contribution is 2.33. The first-order chi connectivity index (χ1) is 9.61. The van der Waals surface area contributed by atoms with Crippen molar-refractivity contribution in [3.63, 3.8) is 0 Å². The van der Waals surface area contributed by atoms with Crippen molar-refractivity contribution in [3.05, 3.63) is 30.6 Å². The van der Waals surface area contributed by atoms with Crippen LogP contribution in [0, 0.1) is 6.92 Å². The van der Waals surface area contributed by atoms with Gasteiger partial charge in [0.25, 0.3) is 0 Å². The predicted molar refractivity (Wildman–Crippen MR) is 89.5 cm³/mol. The quantitative estimate of drug-likeness (QED) is 0.564. The maximum absolute atomic E-state index is 10.8. The van der Waals surface area contributed by atoms with E-state index in [1.807, 2.05) is 12.2 Å². The molecule has 0 radical (unpaired) electrons. The minimum atomic E-state index is -0.950. The SMILES string of the molecule is CNC(=O)NC(C)=O.Cc1c(Br)cc(Br)c(C(=O)O)c1Br. The van der Waals surface area contributed by atoms with E-state index in [2.05, 4.69) is 53.1 Å². The average molecular weight is 489 g/mol. The molecule has 0 spiro atoms. The summed E-state index contributed by atoms with van der Waals surface area (Å²) >= 11 is 9.76. The van der Waals surface area contributed by atoms with Crippen molar-refractivity contribution in [2.24, 2.45) is 0 Å². The summed E-state index contributed by atoms with van der Waals surface area (Å²) in [5, 5.41) is 13.1. The zero-order valence-electron chi connectivity index (χ0n) is 11.4. The summed E-state index contributed by atoms with van der Waals surface area (Å²) in [6, 6.07) is 1.25. The number of hydrogen-bond acceptors (Lipinski definition) is 3. The fourth-order valence-electron chi connectivity index (χ4n) is 1.11. The highest BCUT2D eigenvalue weighted by Gasteiger charge is 2.16. The number of imide groups is 1. The maximum atomic E-state index is 10.8. The third-order valence-corrected chi connectivity index (χ3v) is 4.57. The van der Waals surface area contributed by atoms with Crippen molar-refractivity contribution in [2.45, 2.75) is 13.8 Å². The number of aromatic carboxylic acids is 1. The van der Waals surface area contributed by atoms with Gasteiger partial charge in [0.15, 0.2) is 0 Å². The first-order valence-corrected chi connectivity index (χ1v) is 7.86. The third-order valence-electron chi connectivity index (χ3n) is 2.13. The number of hydrogen-bond donors (Lipinski definition) is 3. The van der Waals surface area contributed by atoms with E-state index in [4.69, 9.17) is 5.11 Å².